The summed E-state index contributed by atoms with van der Waals surface area (Å²) >= 11 is 1.44. The van der Waals surface area contributed by atoms with E-state index in [1.54, 1.807) is 18.5 Å². The number of aliphatic carboxylic acids is 1. The first-order valence-corrected chi connectivity index (χ1v) is 10.9. The number of amides is 2. The highest BCUT2D eigenvalue weighted by molar-refractivity contribution is 7.12. The topological polar surface area (TPSA) is 109 Å². The lowest BCUT2D eigenvalue weighted by Gasteiger charge is -2.37. The number of hydrogen-bond acceptors (Lipinski definition) is 6. The van der Waals surface area contributed by atoms with Crippen LogP contribution in [0.4, 0.5) is 18.9 Å². The van der Waals surface area contributed by atoms with E-state index in [1.807, 2.05) is 28.5 Å². The maximum atomic E-state index is 13.0. The molecule has 2 N–H and O–H groups in total. The Morgan fingerprint density at radius 2 is 1.91 bits per heavy atom. The van der Waals surface area contributed by atoms with Crippen LogP contribution in [0.2, 0.25) is 0 Å². The number of carboxylic acids is 1. The summed E-state index contributed by atoms with van der Waals surface area (Å²) in [6, 6.07) is 7.34. The van der Waals surface area contributed by atoms with Crippen molar-refractivity contribution in [2.24, 2.45) is 11.3 Å². The van der Waals surface area contributed by atoms with E-state index in [2.05, 4.69) is 10.3 Å². The molecule has 178 valence electrons. The number of nitrogens with zero attached hydrogens (tertiary/aromatic N) is 2. The van der Waals surface area contributed by atoms with Gasteiger partial charge in [0.15, 0.2) is 0 Å². The van der Waals surface area contributed by atoms with Crippen LogP contribution in [0, 0.1) is 11.3 Å². The van der Waals surface area contributed by atoms with Crippen molar-refractivity contribution in [3.63, 3.8) is 0 Å². The third kappa shape index (κ3) is 6.08. The molecule has 1 spiro atoms. The highest BCUT2D eigenvalue weighted by Crippen LogP contribution is 2.45. The normalized spacial score (nSPS) is 19.5. The summed E-state index contributed by atoms with van der Waals surface area (Å²) in [7, 11) is 0. The van der Waals surface area contributed by atoms with Gasteiger partial charge in [-0.1, -0.05) is 6.07 Å². The average Bonchev–Trinajstić information content (AvgIpc) is 3.43. The molecule has 2 aromatic heterocycles. The molecule has 4 rings (SSSR count). The number of nitrogens with one attached hydrogen (secondary N) is 1. The van der Waals surface area contributed by atoms with Crippen LogP contribution in [0.25, 0.3) is 0 Å². The third-order valence-corrected chi connectivity index (χ3v) is 6.50. The summed E-state index contributed by atoms with van der Waals surface area (Å²) in [5.41, 5.74) is 0.472. The summed E-state index contributed by atoms with van der Waals surface area (Å²) < 4.78 is 37.3. The predicted molar refractivity (Wildman–Crippen MR) is 113 cm³/mol. The van der Waals surface area contributed by atoms with Gasteiger partial charge in [0.25, 0.3) is 5.91 Å². The molecular formula is C21H22F3N3O5S. The van der Waals surface area contributed by atoms with Crippen molar-refractivity contribution in [3.05, 3.63) is 46.9 Å². The lowest BCUT2D eigenvalue weighted by molar-refractivity contribution is -0.192. The van der Waals surface area contributed by atoms with Gasteiger partial charge in [0, 0.05) is 37.9 Å². The van der Waals surface area contributed by atoms with Crippen LogP contribution >= 0.6 is 11.3 Å². The second-order valence-electron chi connectivity index (χ2n) is 7.72. The highest BCUT2D eigenvalue weighted by atomic mass is 32.1. The third-order valence-electron chi connectivity index (χ3n) is 5.64. The zero-order valence-corrected chi connectivity index (χ0v) is 18.2. The van der Waals surface area contributed by atoms with Crippen LogP contribution in [-0.2, 0) is 14.3 Å². The Morgan fingerprint density at radius 3 is 2.45 bits per heavy atom. The van der Waals surface area contributed by atoms with E-state index in [0.717, 1.165) is 17.7 Å². The van der Waals surface area contributed by atoms with Crippen molar-refractivity contribution in [2.45, 2.75) is 19.0 Å². The zero-order valence-electron chi connectivity index (χ0n) is 17.4. The highest BCUT2D eigenvalue weighted by Gasteiger charge is 2.52. The largest absolute Gasteiger partial charge is 0.490 e. The minimum atomic E-state index is -5.08. The molecule has 2 aromatic rings. The summed E-state index contributed by atoms with van der Waals surface area (Å²) in [5.74, 6) is -3.02. The molecule has 1 unspecified atom stereocenters. The fourth-order valence-electron chi connectivity index (χ4n) is 3.99. The average molecular weight is 485 g/mol. The zero-order chi connectivity index (χ0) is 24.1. The van der Waals surface area contributed by atoms with Crippen LogP contribution in [0.15, 0.2) is 42.0 Å². The molecular weight excluding hydrogens is 463 g/mol. The molecule has 12 heteroatoms. The number of alkyl halides is 3. The van der Waals surface area contributed by atoms with Crippen molar-refractivity contribution in [2.75, 3.05) is 31.6 Å². The van der Waals surface area contributed by atoms with Gasteiger partial charge in [-0.2, -0.15) is 13.2 Å². The molecule has 2 saturated heterocycles. The number of likely N-dealkylation sites (tertiary alicyclic amines) is 1. The number of aromatic nitrogens is 1. The number of carbonyl (C=O) groups is 3. The van der Waals surface area contributed by atoms with Gasteiger partial charge in [-0.25, -0.2) is 4.79 Å². The number of halogens is 3. The quantitative estimate of drug-likeness (QED) is 0.691. The first kappa shape index (κ1) is 24.6. The van der Waals surface area contributed by atoms with Gasteiger partial charge < -0.3 is 20.1 Å². The van der Waals surface area contributed by atoms with E-state index < -0.39 is 12.1 Å². The van der Waals surface area contributed by atoms with Crippen LogP contribution in [0.3, 0.4) is 0 Å². The van der Waals surface area contributed by atoms with Gasteiger partial charge in [-0.15, -0.1) is 11.3 Å². The van der Waals surface area contributed by atoms with Gasteiger partial charge in [0.1, 0.15) is 0 Å². The maximum absolute atomic E-state index is 13.0. The summed E-state index contributed by atoms with van der Waals surface area (Å²) in [6.07, 6.45) is -0.177. The minimum absolute atomic E-state index is 0.0162. The maximum Gasteiger partial charge on any atom is 0.490 e. The number of ether oxygens (including phenoxy) is 1. The molecule has 33 heavy (non-hydrogen) atoms. The Hall–Kier alpha value is -2.99. The molecule has 2 aliphatic rings. The number of rotatable bonds is 3. The fourth-order valence-corrected chi connectivity index (χ4v) is 4.68. The Morgan fingerprint density at radius 1 is 1.21 bits per heavy atom. The molecule has 1 atom stereocenters. The monoisotopic (exact) mass is 485 g/mol. The molecule has 2 amide bonds. The number of carboxylic acid groups (broad SMARTS) is 1. The van der Waals surface area contributed by atoms with E-state index in [1.165, 1.54) is 11.3 Å². The molecule has 0 radical (unpaired) electrons. The molecule has 2 fully saturated rings. The second-order valence-corrected chi connectivity index (χ2v) is 8.67. The van der Waals surface area contributed by atoms with Crippen LogP contribution in [-0.4, -0.2) is 65.3 Å². The number of pyridine rings is 1. The first-order valence-electron chi connectivity index (χ1n) is 10.0. The first-order chi connectivity index (χ1) is 15.6. The molecule has 8 nitrogen and oxygen atoms in total. The molecule has 4 heterocycles. The van der Waals surface area contributed by atoms with Gasteiger partial charge in [-0.3, -0.25) is 14.6 Å². The Bertz CT molecular complexity index is 963. The van der Waals surface area contributed by atoms with Crippen LogP contribution < -0.4 is 5.32 Å². The van der Waals surface area contributed by atoms with Gasteiger partial charge in [0.05, 0.1) is 22.7 Å². The molecule has 0 aliphatic carbocycles. The fraction of sp³-hybridized carbons (Fsp3) is 0.429. The van der Waals surface area contributed by atoms with Crippen molar-refractivity contribution in [1.29, 1.82) is 0 Å². The Balaban J connectivity index is 0.000000383. The predicted octanol–water partition coefficient (Wildman–Crippen LogP) is 3.28. The number of hydrogen-bond donors (Lipinski definition) is 2. The second kappa shape index (κ2) is 10.3. The van der Waals surface area contributed by atoms with E-state index in [9.17, 15) is 22.8 Å². The molecule has 0 aromatic carbocycles. The molecule has 0 saturated carbocycles. The van der Waals surface area contributed by atoms with E-state index >= 15 is 0 Å². The lowest BCUT2D eigenvalue weighted by atomic mass is 9.71. The van der Waals surface area contributed by atoms with Crippen LogP contribution in [0.1, 0.15) is 22.5 Å². The van der Waals surface area contributed by atoms with Gasteiger partial charge in [-0.05, 0) is 36.4 Å². The molecule has 2 aliphatic heterocycles. The lowest BCUT2D eigenvalue weighted by Crippen LogP contribution is -2.42. The summed E-state index contributed by atoms with van der Waals surface area (Å²) in [4.78, 5) is 41.4. The van der Waals surface area contributed by atoms with Crippen molar-refractivity contribution >= 4 is 34.8 Å². The van der Waals surface area contributed by atoms with E-state index in [0.29, 0.717) is 32.0 Å². The van der Waals surface area contributed by atoms with Crippen molar-refractivity contribution in [1.82, 2.24) is 9.88 Å². The van der Waals surface area contributed by atoms with Gasteiger partial charge in [0.2, 0.25) is 5.91 Å². The van der Waals surface area contributed by atoms with Crippen molar-refractivity contribution < 1.29 is 37.4 Å². The van der Waals surface area contributed by atoms with Crippen LogP contribution in [0.5, 0.6) is 0 Å². The van der Waals surface area contributed by atoms with E-state index in [-0.39, 0.29) is 23.1 Å². The van der Waals surface area contributed by atoms with Gasteiger partial charge >= 0.3 is 12.1 Å². The smallest absolute Gasteiger partial charge is 0.475 e. The molecule has 0 bridgehead atoms. The summed E-state index contributed by atoms with van der Waals surface area (Å²) in [6.45, 7) is 2.33. The number of anilines is 1. The van der Waals surface area contributed by atoms with E-state index in [4.69, 9.17) is 14.6 Å². The minimum Gasteiger partial charge on any atom is -0.475 e. The SMILES string of the molecule is O=C(Nc1cccnc1)C1CN(C(=O)c2cccs2)CC12CCOCC2.O=C(O)C(F)(F)F. The standard InChI is InChI=1S/C19H21N3O3S.C2HF3O2/c23-17(21-14-3-1-7-20-11-14)15-12-22(18(24)16-4-2-10-26-16)13-19(15)5-8-25-9-6-19;3-2(4,5)1(6)7/h1-4,7,10-11,15H,5-6,8-9,12-13H2,(H,21,23);(H,6,7). The number of carbonyl (C=O) groups excluding carboxylic acids is 2. The Labute approximate surface area is 191 Å². The number of thiophene rings is 1. The Kier molecular flexibility index (Phi) is 7.69. The van der Waals surface area contributed by atoms with Crippen molar-refractivity contribution in [3.8, 4) is 0 Å². The summed E-state index contributed by atoms with van der Waals surface area (Å²) in [5, 5.41) is 12.0.